The van der Waals surface area contributed by atoms with Crippen molar-refractivity contribution in [1.29, 1.82) is 0 Å². The first-order valence-electron chi connectivity index (χ1n) is 18.9. The molecule has 0 N–H and O–H groups in total. The number of hydrogen-bond donors (Lipinski definition) is 0. The molecule has 0 aliphatic carbocycles. The van der Waals surface area contributed by atoms with Crippen LogP contribution in [-0.4, -0.2) is 14.5 Å². The fraction of sp³-hybridized carbons (Fsp3) is 0.163. The summed E-state index contributed by atoms with van der Waals surface area (Å²) >= 11 is 0. The van der Waals surface area contributed by atoms with Gasteiger partial charge in [0.2, 0.25) is 0 Å². The van der Waals surface area contributed by atoms with Gasteiger partial charge in [-0.3, -0.25) is 4.98 Å². The van der Waals surface area contributed by atoms with Crippen molar-refractivity contribution in [2.75, 3.05) is 0 Å². The molecule has 3 aromatic heterocycles. The van der Waals surface area contributed by atoms with Crippen molar-refractivity contribution in [2.45, 2.75) is 47.3 Å². The monoisotopic (exact) mass is 811 g/mol. The van der Waals surface area contributed by atoms with Crippen LogP contribution in [0.2, 0.25) is 0 Å². The third-order valence-electron chi connectivity index (χ3n) is 8.31. The first kappa shape index (κ1) is 25.2. The van der Waals surface area contributed by atoms with Gasteiger partial charge in [-0.15, -0.1) is 54.1 Å². The van der Waals surface area contributed by atoms with Crippen molar-refractivity contribution in [2.24, 2.45) is 0 Å². The van der Waals surface area contributed by atoms with E-state index in [4.69, 9.17) is 19.0 Å². The van der Waals surface area contributed by atoms with Gasteiger partial charge in [0.15, 0.2) is 0 Å². The summed E-state index contributed by atoms with van der Waals surface area (Å²) in [5, 5.41) is 1.53. The average Bonchev–Trinajstić information content (AvgIpc) is 3.69. The zero-order valence-electron chi connectivity index (χ0n) is 34.0. The number of nitrogens with zero attached hydrogens (tertiary/aromatic N) is 3. The molecule has 0 amide bonds. The predicted molar refractivity (Wildman–Crippen MR) is 194 cm³/mol. The first-order valence-corrected chi connectivity index (χ1v) is 15.4. The van der Waals surface area contributed by atoms with Crippen LogP contribution >= 0.6 is 0 Å². The number of imidazole rings is 1. The van der Waals surface area contributed by atoms with E-state index in [-0.39, 0.29) is 31.2 Å². The van der Waals surface area contributed by atoms with E-state index in [9.17, 15) is 0 Å². The van der Waals surface area contributed by atoms with E-state index in [2.05, 4.69) is 78.0 Å². The maximum Gasteiger partial charge on any atom is 0.121 e. The fourth-order valence-electron chi connectivity index (χ4n) is 6.06. The van der Waals surface area contributed by atoms with Crippen LogP contribution in [0.5, 0.6) is 0 Å². The minimum Gasteiger partial charge on any atom is -0.501 e. The summed E-state index contributed by atoms with van der Waals surface area (Å²) in [6.07, 6.45) is 1.29. The molecule has 48 heavy (non-hydrogen) atoms. The molecule has 241 valence electrons. The topological polar surface area (TPSA) is 43.9 Å². The Morgan fingerprint density at radius 2 is 1.62 bits per heavy atom. The second-order valence-electron chi connectivity index (χ2n) is 11.8. The van der Waals surface area contributed by atoms with Crippen molar-refractivity contribution in [3.63, 3.8) is 0 Å². The standard InChI is InChI=1S/C22H20NO.C21H17N2.Ir/c1-13(2)19-11-20(23-12-15(19)4)18-7-5-6-17-16-9-8-14(3)10-21(16)24-22(17)18;1-15-9-8-10-16(2)20(15)23-19-14-7-6-13-18(19)22-21(23)17-11-4-3-5-12-17;/h5-6,8-13H,1-4H3;3-11,13-14H,1-2H3;/q2*-1;/i3D3,4D3,13D;;. The largest absolute Gasteiger partial charge is 0.501 e. The van der Waals surface area contributed by atoms with Gasteiger partial charge in [-0.05, 0) is 85.2 Å². The van der Waals surface area contributed by atoms with Crippen molar-refractivity contribution < 1.29 is 34.1 Å². The maximum atomic E-state index is 8.42. The summed E-state index contributed by atoms with van der Waals surface area (Å²) in [5.41, 5.74) is 9.25. The molecule has 0 spiro atoms. The molecule has 0 atom stereocenters. The fourth-order valence-corrected chi connectivity index (χ4v) is 6.06. The van der Waals surface area contributed by atoms with Crippen LogP contribution in [-0.2, 0) is 20.1 Å². The Labute approximate surface area is 305 Å². The predicted octanol–water partition coefficient (Wildman–Crippen LogP) is 11.3. The average molecular weight is 811 g/mol. The van der Waals surface area contributed by atoms with E-state index < -0.39 is 19.6 Å². The number of hydrogen-bond acceptors (Lipinski definition) is 3. The Hall–Kier alpha value is -4.83. The van der Waals surface area contributed by atoms with Gasteiger partial charge in [-0.25, -0.2) is 0 Å². The van der Waals surface area contributed by atoms with E-state index in [1.807, 2.05) is 30.3 Å². The molecule has 0 saturated heterocycles. The molecule has 0 aliphatic rings. The molecule has 3 heterocycles. The summed E-state index contributed by atoms with van der Waals surface area (Å²) in [7, 11) is 0. The molecule has 1 radical (unpaired) electrons. The number of benzene rings is 5. The normalized spacial score (nSPS) is 14.0. The number of rotatable bonds is 4. The number of aromatic nitrogens is 3. The molecule has 5 aromatic carbocycles. The molecule has 8 rings (SSSR count). The Morgan fingerprint density at radius 1 is 0.812 bits per heavy atom. The molecule has 8 aromatic rings. The zero-order valence-corrected chi connectivity index (χ0v) is 29.4. The molecule has 0 unspecified atom stereocenters. The van der Waals surface area contributed by atoms with Gasteiger partial charge in [-0.1, -0.05) is 73.3 Å². The number of furan rings is 1. The van der Waals surface area contributed by atoms with Crippen molar-refractivity contribution in [3.8, 4) is 28.3 Å². The third-order valence-corrected chi connectivity index (χ3v) is 8.31. The zero-order chi connectivity index (χ0) is 38.6. The van der Waals surface area contributed by atoms with Crippen LogP contribution in [0.15, 0.2) is 114 Å². The molecule has 5 heteroatoms. The van der Waals surface area contributed by atoms with E-state index in [1.54, 1.807) is 38.1 Å². The van der Waals surface area contributed by atoms with E-state index >= 15 is 0 Å². The SMILES string of the molecule is Cc1cccc(C)c1-n1c(-c2[c-]cccc2)nc2ccccc21.[2H]C([2H])([2H])c1ccc2c(c1)oc1c(-c3cc(C([2H])(C)C)c(C([2H])([2H])[2H])cn3)[c-]ccc12.[Ir]. The number of pyridine rings is 1. The van der Waals surface area contributed by atoms with E-state index in [0.717, 1.165) is 33.2 Å². The summed E-state index contributed by atoms with van der Waals surface area (Å²) in [6, 6.07) is 39.0. The van der Waals surface area contributed by atoms with Gasteiger partial charge in [0.1, 0.15) is 5.58 Å². The van der Waals surface area contributed by atoms with Gasteiger partial charge >= 0.3 is 0 Å². The summed E-state index contributed by atoms with van der Waals surface area (Å²) in [5.74, 6) is -0.221. The molecular formula is C43H37IrN3O-2. The van der Waals surface area contributed by atoms with Crippen LogP contribution < -0.4 is 0 Å². The molecular weight excluding hydrogens is 767 g/mol. The molecule has 0 saturated carbocycles. The number of aryl methyl sites for hydroxylation is 4. The second kappa shape index (κ2) is 13.7. The van der Waals surface area contributed by atoms with Crippen LogP contribution in [0, 0.1) is 39.7 Å². The molecule has 0 bridgehead atoms. The quantitative estimate of drug-likeness (QED) is 0.166. The van der Waals surface area contributed by atoms with Gasteiger partial charge in [0.25, 0.3) is 0 Å². The van der Waals surface area contributed by atoms with Crippen LogP contribution in [0.25, 0.3) is 61.3 Å². The summed E-state index contributed by atoms with van der Waals surface area (Å²) in [6.45, 7) is 2.92. The Balaban J connectivity index is 0.000000191. The summed E-state index contributed by atoms with van der Waals surface area (Å²) in [4.78, 5) is 9.22. The van der Waals surface area contributed by atoms with Crippen molar-refractivity contribution >= 4 is 33.0 Å². The van der Waals surface area contributed by atoms with Crippen molar-refractivity contribution in [3.05, 3.63) is 149 Å². The summed E-state index contributed by atoms with van der Waals surface area (Å²) < 4.78 is 62.9. The number of para-hydroxylation sites is 3. The van der Waals surface area contributed by atoms with Gasteiger partial charge < -0.3 is 14.0 Å². The molecule has 0 fully saturated rings. The second-order valence-corrected chi connectivity index (χ2v) is 11.8. The Morgan fingerprint density at radius 3 is 2.38 bits per heavy atom. The Kier molecular flexibility index (Phi) is 7.21. The van der Waals surface area contributed by atoms with Crippen molar-refractivity contribution in [1.82, 2.24) is 14.5 Å². The van der Waals surface area contributed by atoms with Gasteiger partial charge in [-0.2, -0.15) is 0 Å². The minimum atomic E-state index is -2.39. The van der Waals surface area contributed by atoms with Gasteiger partial charge in [0, 0.05) is 47.0 Å². The smallest absolute Gasteiger partial charge is 0.121 e. The molecule has 4 nitrogen and oxygen atoms in total. The first-order chi connectivity index (χ1) is 25.5. The maximum absolute atomic E-state index is 8.42. The van der Waals surface area contributed by atoms with E-state index in [0.29, 0.717) is 28.0 Å². The van der Waals surface area contributed by atoms with Crippen LogP contribution in [0.4, 0.5) is 0 Å². The number of fused-ring (bicyclic) bond motifs is 4. The molecule has 0 aliphatic heterocycles. The van der Waals surface area contributed by atoms with Crippen LogP contribution in [0.1, 0.15) is 57.2 Å². The minimum absolute atomic E-state index is 0. The van der Waals surface area contributed by atoms with Gasteiger partial charge in [0.05, 0.1) is 22.4 Å². The van der Waals surface area contributed by atoms with Crippen LogP contribution in [0.3, 0.4) is 0 Å². The third kappa shape index (κ3) is 6.12. The van der Waals surface area contributed by atoms with E-state index in [1.165, 1.54) is 29.1 Å². The Bertz CT molecular complexity index is 2630.